The molecule has 0 radical (unpaired) electrons. The first-order valence-electron chi connectivity index (χ1n) is 6.44. The van der Waals surface area contributed by atoms with Crippen molar-refractivity contribution in [2.24, 2.45) is 0 Å². The number of hydrogen-bond acceptors (Lipinski definition) is 4. The van der Waals surface area contributed by atoms with Gasteiger partial charge in [-0.25, -0.2) is 9.59 Å². The van der Waals surface area contributed by atoms with Crippen molar-refractivity contribution >= 4 is 23.6 Å². The van der Waals surface area contributed by atoms with Crippen LogP contribution < -0.4 is 10.6 Å². The van der Waals surface area contributed by atoms with Crippen LogP contribution in [0.1, 0.15) is 5.56 Å². The highest BCUT2D eigenvalue weighted by Gasteiger charge is 2.73. The zero-order valence-corrected chi connectivity index (χ0v) is 13.0. The van der Waals surface area contributed by atoms with E-state index in [0.717, 1.165) is 20.3 Å². The molecule has 0 saturated heterocycles. The second kappa shape index (κ2) is 7.25. The number of anilines is 2. The second-order valence-corrected chi connectivity index (χ2v) is 4.68. The summed E-state index contributed by atoms with van der Waals surface area (Å²) >= 11 is 0. The van der Waals surface area contributed by atoms with Crippen LogP contribution in [-0.2, 0) is 15.4 Å². The number of carbonyl (C=O) groups excluding carboxylic acids is 2. The number of nitrogens with one attached hydrogen (secondary N) is 2. The molecule has 0 heterocycles. The lowest BCUT2D eigenvalue weighted by Gasteiger charge is -2.29. The molecular formula is C13H11F7N2O4. The number of amides is 2. The summed E-state index contributed by atoms with van der Waals surface area (Å²) in [6, 6.07) is 1.16. The van der Waals surface area contributed by atoms with Crippen LogP contribution in [-0.4, -0.2) is 38.5 Å². The highest BCUT2D eigenvalue weighted by Crippen LogP contribution is 2.52. The van der Waals surface area contributed by atoms with Gasteiger partial charge in [-0.1, -0.05) is 0 Å². The van der Waals surface area contributed by atoms with E-state index in [1.165, 1.54) is 0 Å². The normalized spacial score (nSPS) is 12.3. The summed E-state index contributed by atoms with van der Waals surface area (Å²) in [6.45, 7) is 0. The van der Waals surface area contributed by atoms with Gasteiger partial charge in [0.25, 0.3) is 0 Å². The van der Waals surface area contributed by atoms with Gasteiger partial charge >= 0.3 is 30.2 Å². The van der Waals surface area contributed by atoms with Crippen LogP contribution in [0.3, 0.4) is 0 Å². The Morgan fingerprint density at radius 3 is 1.50 bits per heavy atom. The highest BCUT2D eigenvalue weighted by atomic mass is 19.4. The van der Waals surface area contributed by atoms with Crippen LogP contribution in [0.2, 0.25) is 0 Å². The molecule has 2 amide bonds. The zero-order chi connectivity index (χ0) is 20.3. The maximum atomic E-state index is 13.9. The van der Waals surface area contributed by atoms with Crippen molar-refractivity contribution in [1.82, 2.24) is 0 Å². The summed E-state index contributed by atoms with van der Waals surface area (Å²) in [5.74, 6) is -12.1. The minimum Gasteiger partial charge on any atom is -0.453 e. The molecule has 0 aromatic heterocycles. The van der Waals surface area contributed by atoms with Crippen LogP contribution >= 0.6 is 0 Å². The maximum absolute atomic E-state index is 13.9. The van der Waals surface area contributed by atoms with Crippen molar-refractivity contribution in [1.29, 1.82) is 0 Å². The van der Waals surface area contributed by atoms with Gasteiger partial charge in [0, 0.05) is 16.9 Å². The van der Waals surface area contributed by atoms with Gasteiger partial charge in [0.2, 0.25) is 0 Å². The van der Waals surface area contributed by atoms with Crippen molar-refractivity contribution < 1.29 is 49.8 Å². The number of benzene rings is 1. The molecule has 0 bridgehead atoms. The van der Waals surface area contributed by atoms with Gasteiger partial charge in [0.1, 0.15) is 0 Å². The molecule has 0 saturated carbocycles. The molecule has 1 rings (SSSR count). The maximum Gasteiger partial charge on any atom is 0.460 e. The highest BCUT2D eigenvalue weighted by molar-refractivity contribution is 5.89. The Balaban J connectivity index is 3.48. The molecule has 13 heteroatoms. The fraction of sp³-hybridized carbons (Fsp3) is 0.385. The van der Waals surface area contributed by atoms with Crippen molar-refractivity contribution in [2.45, 2.75) is 18.0 Å². The van der Waals surface area contributed by atoms with Gasteiger partial charge in [-0.3, -0.25) is 10.6 Å². The molecule has 26 heavy (non-hydrogen) atoms. The molecule has 6 nitrogen and oxygen atoms in total. The number of rotatable bonds is 4. The third-order valence-corrected chi connectivity index (χ3v) is 2.91. The smallest absolute Gasteiger partial charge is 0.453 e. The van der Waals surface area contributed by atoms with E-state index >= 15 is 0 Å². The van der Waals surface area contributed by atoms with Gasteiger partial charge in [0.05, 0.1) is 14.2 Å². The molecular weight excluding hydrogens is 381 g/mol. The van der Waals surface area contributed by atoms with E-state index in [2.05, 4.69) is 9.47 Å². The Morgan fingerprint density at radius 2 is 1.19 bits per heavy atom. The van der Waals surface area contributed by atoms with Crippen molar-refractivity contribution in [2.75, 3.05) is 24.9 Å². The molecule has 0 aliphatic carbocycles. The minimum absolute atomic E-state index is 0.180. The van der Waals surface area contributed by atoms with E-state index in [9.17, 15) is 40.3 Å². The van der Waals surface area contributed by atoms with Crippen LogP contribution in [0.15, 0.2) is 18.2 Å². The Labute approximate surface area is 141 Å². The van der Waals surface area contributed by atoms with E-state index in [4.69, 9.17) is 0 Å². The van der Waals surface area contributed by atoms with E-state index in [1.807, 2.05) is 10.6 Å². The topological polar surface area (TPSA) is 76.7 Å². The molecule has 0 aliphatic heterocycles. The Morgan fingerprint density at radius 1 is 0.808 bits per heavy atom. The lowest BCUT2D eigenvalue weighted by atomic mass is 10.00. The average molecular weight is 392 g/mol. The Hall–Kier alpha value is -2.73. The van der Waals surface area contributed by atoms with Gasteiger partial charge in [0.15, 0.2) is 0 Å². The van der Waals surface area contributed by atoms with Crippen molar-refractivity contribution in [3.05, 3.63) is 23.8 Å². The van der Waals surface area contributed by atoms with Crippen LogP contribution in [0.4, 0.5) is 51.7 Å². The number of alkyl halides is 7. The average Bonchev–Trinajstić information content (AvgIpc) is 2.52. The molecule has 0 unspecified atom stereocenters. The predicted molar refractivity (Wildman–Crippen MR) is 73.4 cm³/mol. The summed E-state index contributed by atoms with van der Waals surface area (Å²) in [5.41, 5.74) is -3.10. The van der Waals surface area contributed by atoms with E-state index in [-0.39, 0.29) is 12.1 Å². The quantitative estimate of drug-likeness (QED) is 0.748. The van der Waals surface area contributed by atoms with Crippen LogP contribution in [0, 0.1) is 0 Å². The van der Waals surface area contributed by atoms with Gasteiger partial charge in [-0.2, -0.15) is 30.7 Å². The van der Waals surface area contributed by atoms with Gasteiger partial charge < -0.3 is 9.47 Å². The number of methoxy groups -OCH3 is 2. The SMILES string of the molecule is COC(=O)Nc1cc(NC(=O)OC)cc(C(F)(F)C(F)(F)C(F)(F)F)c1. The van der Waals surface area contributed by atoms with Gasteiger partial charge in [-0.05, 0) is 18.2 Å². The first-order valence-corrected chi connectivity index (χ1v) is 6.44. The summed E-state index contributed by atoms with van der Waals surface area (Å²) in [7, 11) is 1.78. The molecule has 2 N–H and O–H groups in total. The molecule has 146 valence electrons. The standard InChI is InChI=1S/C13H11F7N2O4/c1-25-9(23)21-7-3-6(4-8(5-7)22-10(24)26-2)11(14,15)12(16,17)13(18,19)20/h3-5H,1-2H3,(H,21,23)(H,22,24). The number of ether oxygens (including phenoxy) is 2. The first-order chi connectivity index (χ1) is 11.8. The van der Waals surface area contributed by atoms with E-state index in [1.54, 1.807) is 0 Å². The number of carbonyl (C=O) groups is 2. The summed E-state index contributed by atoms with van der Waals surface area (Å²) in [4.78, 5) is 22.3. The third kappa shape index (κ3) is 4.26. The third-order valence-electron chi connectivity index (χ3n) is 2.91. The largest absolute Gasteiger partial charge is 0.460 e. The lowest BCUT2D eigenvalue weighted by molar-refractivity contribution is -0.359. The summed E-state index contributed by atoms with van der Waals surface area (Å²) in [5, 5.41) is 3.63. The lowest BCUT2D eigenvalue weighted by Crippen LogP contribution is -2.50. The monoisotopic (exact) mass is 392 g/mol. The molecule has 1 aromatic rings. The fourth-order valence-electron chi connectivity index (χ4n) is 1.65. The van der Waals surface area contributed by atoms with Gasteiger partial charge in [-0.15, -0.1) is 0 Å². The van der Waals surface area contributed by atoms with Crippen molar-refractivity contribution in [3.63, 3.8) is 0 Å². The summed E-state index contributed by atoms with van der Waals surface area (Å²) < 4.78 is 99.5. The van der Waals surface area contributed by atoms with E-state index < -0.39 is 47.1 Å². The van der Waals surface area contributed by atoms with Crippen LogP contribution in [0.5, 0.6) is 0 Å². The first kappa shape index (κ1) is 21.3. The summed E-state index contributed by atoms with van der Waals surface area (Å²) in [6.07, 6.45) is -9.01. The fourth-order valence-corrected chi connectivity index (χ4v) is 1.65. The molecule has 1 aromatic carbocycles. The Bertz CT molecular complexity index is 655. The Kier molecular flexibility index (Phi) is 5.95. The van der Waals surface area contributed by atoms with E-state index in [0.29, 0.717) is 0 Å². The molecule has 0 atom stereocenters. The second-order valence-electron chi connectivity index (χ2n) is 4.68. The predicted octanol–water partition coefficient (Wildman–Crippen LogP) is 4.33. The number of hydrogen-bond donors (Lipinski definition) is 2. The number of halogens is 7. The van der Waals surface area contributed by atoms with Crippen molar-refractivity contribution in [3.8, 4) is 0 Å². The zero-order valence-electron chi connectivity index (χ0n) is 13.0. The molecule has 0 spiro atoms. The van der Waals surface area contributed by atoms with Crippen LogP contribution in [0.25, 0.3) is 0 Å². The molecule has 0 aliphatic rings. The molecule has 0 fully saturated rings. The minimum atomic E-state index is -6.56.